The number of hydrogen-bond acceptors (Lipinski definition) is 5. The molecule has 27 heavy (non-hydrogen) atoms. The lowest BCUT2D eigenvalue weighted by molar-refractivity contribution is 0.0526. The van der Waals surface area contributed by atoms with E-state index >= 15 is 0 Å². The molecule has 6 nitrogen and oxygen atoms in total. The fraction of sp³-hybridized carbons (Fsp3) is 0.350. The molecular weight excluding hydrogens is 366 g/mol. The summed E-state index contributed by atoms with van der Waals surface area (Å²) in [6, 6.07) is 11.0. The van der Waals surface area contributed by atoms with Gasteiger partial charge in [-0.1, -0.05) is 0 Å². The van der Waals surface area contributed by atoms with Crippen LogP contribution in [0.25, 0.3) is 0 Å². The number of aryl methyl sites for hydroxylation is 1. The van der Waals surface area contributed by atoms with Crippen molar-refractivity contribution in [2.45, 2.75) is 44.1 Å². The Morgan fingerprint density at radius 2 is 1.89 bits per heavy atom. The molecule has 0 atom stereocenters. The van der Waals surface area contributed by atoms with Gasteiger partial charge in [0.05, 0.1) is 17.1 Å². The van der Waals surface area contributed by atoms with Gasteiger partial charge in [0.2, 0.25) is 0 Å². The van der Waals surface area contributed by atoms with Crippen LogP contribution in [0.2, 0.25) is 0 Å². The first-order valence-electron chi connectivity index (χ1n) is 8.82. The summed E-state index contributed by atoms with van der Waals surface area (Å²) in [4.78, 5) is 11.9. The van der Waals surface area contributed by atoms with Crippen LogP contribution in [0.1, 0.15) is 43.1 Å². The van der Waals surface area contributed by atoms with Crippen LogP contribution in [-0.2, 0) is 21.2 Å². The van der Waals surface area contributed by atoms with E-state index in [1.54, 1.807) is 19.1 Å². The third-order valence-corrected chi connectivity index (χ3v) is 5.75. The second-order valence-electron chi connectivity index (χ2n) is 7.03. The Labute approximate surface area is 159 Å². The van der Waals surface area contributed by atoms with Crippen molar-refractivity contribution in [1.82, 2.24) is 0 Å². The third kappa shape index (κ3) is 4.42. The van der Waals surface area contributed by atoms with E-state index in [9.17, 15) is 13.2 Å². The molecule has 144 valence electrons. The van der Waals surface area contributed by atoms with Crippen LogP contribution in [0, 0.1) is 0 Å². The van der Waals surface area contributed by atoms with E-state index in [-0.39, 0.29) is 17.1 Å². The van der Waals surface area contributed by atoms with Gasteiger partial charge in [-0.2, -0.15) is 0 Å². The van der Waals surface area contributed by atoms with E-state index in [0.717, 1.165) is 24.2 Å². The molecule has 0 unspecified atom stereocenters. The highest BCUT2D eigenvalue weighted by Gasteiger charge is 2.27. The van der Waals surface area contributed by atoms with E-state index in [1.807, 2.05) is 13.8 Å². The molecule has 3 rings (SSSR count). The SMILES string of the molecule is CCOC(=O)c1ccc(NS(=O)(=O)c2ccc3c(c2)CCC(C)(C)O3)cc1. The van der Waals surface area contributed by atoms with Crippen molar-refractivity contribution < 1.29 is 22.7 Å². The number of carbonyl (C=O) groups excluding carboxylic acids is 1. The lowest BCUT2D eigenvalue weighted by atomic mass is 9.94. The molecule has 0 amide bonds. The molecule has 2 aromatic rings. The summed E-state index contributed by atoms with van der Waals surface area (Å²) in [7, 11) is -3.74. The van der Waals surface area contributed by atoms with Crippen molar-refractivity contribution >= 4 is 21.7 Å². The summed E-state index contributed by atoms with van der Waals surface area (Å²) in [6.45, 7) is 6.04. The molecule has 0 radical (unpaired) electrons. The molecule has 1 aliphatic heterocycles. The van der Waals surface area contributed by atoms with Crippen molar-refractivity contribution in [2.75, 3.05) is 11.3 Å². The standard InChI is InChI=1S/C20H23NO5S/c1-4-25-19(22)14-5-7-16(8-6-14)21-27(23,24)17-9-10-18-15(13-17)11-12-20(2,3)26-18/h5-10,13,21H,4,11-12H2,1-3H3. The number of anilines is 1. The van der Waals surface area contributed by atoms with Crippen molar-refractivity contribution in [2.24, 2.45) is 0 Å². The zero-order valence-corrected chi connectivity index (χ0v) is 16.4. The normalized spacial score (nSPS) is 15.4. The number of ether oxygens (including phenoxy) is 2. The van der Waals surface area contributed by atoms with Gasteiger partial charge >= 0.3 is 5.97 Å². The molecular formula is C20H23NO5S. The molecule has 1 N–H and O–H groups in total. The Kier molecular flexibility index (Phi) is 5.15. The van der Waals surface area contributed by atoms with Crippen LogP contribution in [0.5, 0.6) is 5.75 Å². The summed E-state index contributed by atoms with van der Waals surface area (Å²) in [5, 5.41) is 0. The van der Waals surface area contributed by atoms with Crippen LogP contribution in [0.15, 0.2) is 47.4 Å². The zero-order valence-electron chi connectivity index (χ0n) is 15.6. The summed E-state index contributed by atoms with van der Waals surface area (Å²) >= 11 is 0. The van der Waals surface area contributed by atoms with Crippen LogP contribution in [0.3, 0.4) is 0 Å². The maximum Gasteiger partial charge on any atom is 0.338 e. The topological polar surface area (TPSA) is 81.7 Å². The van der Waals surface area contributed by atoms with Crippen molar-refractivity contribution in [3.05, 3.63) is 53.6 Å². The zero-order chi connectivity index (χ0) is 19.7. The lowest BCUT2D eigenvalue weighted by Crippen LogP contribution is -2.32. The quantitative estimate of drug-likeness (QED) is 0.787. The van der Waals surface area contributed by atoms with Gasteiger partial charge in [-0.25, -0.2) is 13.2 Å². The van der Waals surface area contributed by atoms with Crippen LogP contribution in [0.4, 0.5) is 5.69 Å². The highest BCUT2D eigenvalue weighted by Crippen LogP contribution is 2.34. The van der Waals surface area contributed by atoms with Gasteiger partial charge in [-0.3, -0.25) is 4.72 Å². The molecule has 0 spiro atoms. The molecule has 1 heterocycles. The smallest absolute Gasteiger partial charge is 0.338 e. The summed E-state index contributed by atoms with van der Waals surface area (Å²) in [5.41, 5.74) is 1.38. The van der Waals surface area contributed by atoms with Gasteiger partial charge in [0, 0.05) is 5.69 Å². The van der Waals surface area contributed by atoms with Gasteiger partial charge in [0.25, 0.3) is 10.0 Å². The van der Waals surface area contributed by atoms with Crippen LogP contribution in [-0.4, -0.2) is 26.6 Å². The molecule has 0 saturated heterocycles. The Bertz CT molecular complexity index is 949. The molecule has 2 aromatic carbocycles. The highest BCUT2D eigenvalue weighted by molar-refractivity contribution is 7.92. The first-order chi connectivity index (χ1) is 12.7. The largest absolute Gasteiger partial charge is 0.488 e. The van der Waals surface area contributed by atoms with E-state index in [4.69, 9.17) is 9.47 Å². The molecule has 0 fully saturated rings. The Morgan fingerprint density at radius 1 is 1.19 bits per heavy atom. The summed E-state index contributed by atoms with van der Waals surface area (Å²) < 4.78 is 38.7. The predicted molar refractivity (Wildman–Crippen MR) is 103 cm³/mol. The lowest BCUT2D eigenvalue weighted by Gasteiger charge is -2.32. The predicted octanol–water partition coefficient (Wildman–Crippen LogP) is 3.77. The molecule has 0 saturated carbocycles. The van der Waals surface area contributed by atoms with Gasteiger partial charge in [-0.05, 0) is 81.6 Å². The summed E-state index contributed by atoms with van der Waals surface area (Å²) in [5.74, 6) is 0.286. The summed E-state index contributed by atoms with van der Waals surface area (Å²) in [6.07, 6.45) is 1.59. The number of carbonyl (C=O) groups is 1. The second-order valence-corrected chi connectivity index (χ2v) is 8.72. The molecule has 0 bridgehead atoms. The Hall–Kier alpha value is -2.54. The minimum absolute atomic E-state index is 0.180. The number of hydrogen-bond donors (Lipinski definition) is 1. The van der Waals surface area contributed by atoms with Gasteiger partial charge < -0.3 is 9.47 Å². The first kappa shape index (κ1) is 19.2. The first-order valence-corrected chi connectivity index (χ1v) is 10.3. The van der Waals surface area contributed by atoms with Crippen LogP contribution >= 0.6 is 0 Å². The maximum absolute atomic E-state index is 12.7. The Morgan fingerprint density at radius 3 is 2.56 bits per heavy atom. The maximum atomic E-state index is 12.7. The monoisotopic (exact) mass is 389 g/mol. The van der Waals surface area contributed by atoms with Crippen molar-refractivity contribution in [3.63, 3.8) is 0 Å². The molecule has 0 aliphatic carbocycles. The number of benzene rings is 2. The van der Waals surface area contributed by atoms with Crippen LogP contribution < -0.4 is 9.46 Å². The fourth-order valence-corrected chi connectivity index (χ4v) is 4.01. The van der Waals surface area contributed by atoms with Crippen molar-refractivity contribution in [3.8, 4) is 5.75 Å². The van der Waals surface area contributed by atoms with E-state index in [0.29, 0.717) is 11.3 Å². The van der Waals surface area contributed by atoms with Crippen molar-refractivity contribution in [1.29, 1.82) is 0 Å². The third-order valence-electron chi connectivity index (χ3n) is 4.37. The fourth-order valence-electron chi connectivity index (χ4n) is 2.91. The molecule has 7 heteroatoms. The average Bonchev–Trinajstić information content (AvgIpc) is 2.61. The van der Waals surface area contributed by atoms with Gasteiger partial charge in [0.15, 0.2) is 0 Å². The number of esters is 1. The highest BCUT2D eigenvalue weighted by atomic mass is 32.2. The minimum atomic E-state index is -3.74. The van der Waals surface area contributed by atoms with Gasteiger partial charge in [0.1, 0.15) is 11.4 Å². The molecule has 1 aliphatic rings. The molecule has 0 aromatic heterocycles. The number of fused-ring (bicyclic) bond motifs is 1. The van der Waals surface area contributed by atoms with E-state index < -0.39 is 16.0 Å². The van der Waals surface area contributed by atoms with E-state index in [2.05, 4.69) is 4.72 Å². The second kappa shape index (κ2) is 7.23. The number of nitrogens with one attached hydrogen (secondary N) is 1. The number of rotatable bonds is 5. The minimum Gasteiger partial charge on any atom is -0.488 e. The Balaban J connectivity index is 1.78. The van der Waals surface area contributed by atoms with E-state index in [1.165, 1.54) is 30.3 Å². The van der Waals surface area contributed by atoms with Gasteiger partial charge in [-0.15, -0.1) is 0 Å². The number of sulfonamides is 1. The average molecular weight is 389 g/mol.